The molecule has 3 aromatic rings. The zero-order chi connectivity index (χ0) is 12.5. The second-order valence-electron chi connectivity index (χ2n) is 4.48. The number of para-hydroxylation sites is 1. The molecule has 1 aromatic carbocycles. The van der Waals surface area contributed by atoms with Gasteiger partial charge in [-0.1, -0.05) is 31.5 Å². The number of fused-ring (bicyclic) bond motifs is 3. The standard InChI is InChI=1S/C14H16N4/c1-2-3-8-18-13-10-6-4-5-7-11(10)16-9-12(13)17-14(18)15/h4-7,9H,2-3,8H2,1H3,(H2,15,17). The normalized spacial score (nSPS) is 11.4. The van der Waals surface area contributed by atoms with E-state index in [1.165, 1.54) is 0 Å². The molecule has 0 atom stereocenters. The number of aryl methyl sites for hydroxylation is 1. The first kappa shape index (κ1) is 11.0. The molecule has 0 spiro atoms. The Hall–Kier alpha value is -2.10. The smallest absolute Gasteiger partial charge is 0.201 e. The number of nitrogen functional groups attached to an aromatic ring is 1. The van der Waals surface area contributed by atoms with Crippen molar-refractivity contribution in [2.24, 2.45) is 0 Å². The molecule has 3 rings (SSSR count). The van der Waals surface area contributed by atoms with Crippen LogP contribution in [0.15, 0.2) is 30.5 Å². The molecule has 0 radical (unpaired) electrons. The minimum Gasteiger partial charge on any atom is -0.369 e. The first-order valence-electron chi connectivity index (χ1n) is 6.30. The quantitative estimate of drug-likeness (QED) is 0.765. The van der Waals surface area contributed by atoms with Gasteiger partial charge in [0.05, 0.1) is 17.2 Å². The van der Waals surface area contributed by atoms with Crippen molar-refractivity contribution in [3.05, 3.63) is 30.5 Å². The van der Waals surface area contributed by atoms with Gasteiger partial charge in [0.25, 0.3) is 0 Å². The Kier molecular flexibility index (Phi) is 2.63. The summed E-state index contributed by atoms with van der Waals surface area (Å²) in [6.45, 7) is 3.09. The van der Waals surface area contributed by atoms with Crippen molar-refractivity contribution in [3.8, 4) is 0 Å². The third-order valence-corrected chi connectivity index (χ3v) is 3.24. The lowest BCUT2D eigenvalue weighted by Gasteiger charge is -2.06. The van der Waals surface area contributed by atoms with Crippen LogP contribution in [0.2, 0.25) is 0 Å². The highest BCUT2D eigenvalue weighted by molar-refractivity contribution is 6.02. The van der Waals surface area contributed by atoms with Gasteiger partial charge in [-0.3, -0.25) is 4.98 Å². The summed E-state index contributed by atoms with van der Waals surface area (Å²) in [5, 5.41) is 1.12. The lowest BCUT2D eigenvalue weighted by Crippen LogP contribution is -2.03. The Morgan fingerprint density at radius 3 is 2.89 bits per heavy atom. The summed E-state index contributed by atoms with van der Waals surface area (Å²) >= 11 is 0. The predicted octanol–water partition coefficient (Wildman–Crippen LogP) is 2.97. The molecule has 0 saturated heterocycles. The third kappa shape index (κ3) is 1.61. The van der Waals surface area contributed by atoms with Gasteiger partial charge in [0.15, 0.2) is 0 Å². The number of benzene rings is 1. The second kappa shape index (κ2) is 4.29. The number of nitrogens with zero attached hydrogens (tertiary/aromatic N) is 3. The molecule has 2 heterocycles. The fourth-order valence-corrected chi connectivity index (χ4v) is 2.32. The molecule has 0 aliphatic rings. The monoisotopic (exact) mass is 240 g/mol. The number of anilines is 1. The largest absolute Gasteiger partial charge is 0.369 e. The highest BCUT2D eigenvalue weighted by Gasteiger charge is 2.11. The van der Waals surface area contributed by atoms with Crippen molar-refractivity contribution in [1.82, 2.24) is 14.5 Å². The number of pyridine rings is 1. The summed E-state index contributed by atoms with van der Waals surface area (Å²) in [4.78, 5) is 8.81. The zero-order valence-electron chi connectivity index (χ0n) is 10.4. The van der Waals surface area contributed by atoms with Crippen LogP contribution in [0.3, 0.4) is 0 Å². The number of unbranched alkanes of at least 4 members (excludes halogenated alkanes) is 1. The fourth-order valence-electron chi connectivity index (χ4n) is 2.32. The van der Waals surface area contributed by atoms with Crippen LogP contribution in [0, 0.1) is 0 Å². The molecule has 0 amide bonds. The predicted molar refractivity (Wildman–Crippen MR) is 74.4 cm³/mol. The number of rotatable bonds is 3. The lowest BCUT2D eigenvalue weighted by molar-refractivity contribution is 0.654. The van der Waals surface area contributed by atoms with Gasteiger partial charge in [-0.2, -0.15) is 0 Å². The van der Waals surface area contributed by atoms with Crippen molar-refractivity contribution in [2.45, 2.75) is 26.3 Å². The van der Waals surface area contributed by atoms with Crippen molar-refractivity contribution in [3.63, 3.8) is 0 Å². The summed E-state index contributed by atoms with van der Waals surface area (Å²) in [6.07, 6.45) is 4.05. The maximum absolute atomic E-state index is 6.01. The van der Waals surface area contributed by atoms with Crippen molar-refractivity contribution >= 4 is 27.9 Å². The SMILES string of the molecule is CCCCn1c(N)nc2cnc3ccccc3c21. The van der Waals surface area contributed by atoms with Gasteiger partial charge in [0, 0.05) is 11.9 Å². The van der Waals surface area contributed by atoms with Crippen LogP contribution in [-0.4, -0.2) is 14.5 Å². The molecule has 0 bridgehead atoms. The van der Waals surface area contributed by atoms with Crippen LogP contribution in [-0.2, 0) is 6.54 Å². The average molecular weight is 240 g/mol. The van der Waals surface area contributed by atoms with Gasteiger partial charge in [-0.05, 0) is 12.5 Å². The summed E-state index contributed by atoms with van der Waals surface area (Å²) in [5.74, 6) is 0.580. The Bertz CT molecular complexity index is 699. The summed E-state index contributed by atoms with van der Waals surface area (Å²) in [6, 6.07) is 8.12. The lowest BCUT2D eigenvalue weighted by atomic mass is 10.2. The summed E-state index contributed by atoms with van der Waals surface area (Å²) in [7, 11) is 0. The molecule has 0 unspecified atom stereocenters. The van der Waals surface area contributed by atoms with Crippen LogP contribution >= 0.6 is 0 Å². The van der Waals surface area contributed by atoms with E-state index in [-0.39, 0.29) is 0 Å². The van der Waals surface area contributed by atoms with Crippen LogP contribution in [0.25, 0.3) is 21.9 Å². The molecule has 4 nitrogen and oxygen atoms in total. The molecule has 0 fully saturated rings. The van der Waals surface area contributed by atoms with Crippen LogP contribution in [0.1, 0.15) is 19.8 Å². The molecule has 0 aliphatic carbocycles. The van der Waals surface area contributed by atoms with E-state index in [1.54, 1.807) is 6.20 Å². The maximum atomic E-state index is 6.01. The number of hydrogen-bond donors (Lipinski definition) is 1. The second-order valence-corrected chi connectivity index (χ2v) is 4.48. The molecule has 0 aliphatic heterocycles. The number of imidazole rings is 1. The zero-order valence-corrected chi connectivity index (χ0v) is 10.4. The van der Waals surface area contributed by atoms with E-state index in [0.717, 1.165) is 41.3 Å². The minimum atomic E-state index is 0.580. The molecule has 2 aromatic heterocycles. The number of nitrogens with two attached hydrogens (primary N) is 1. The Labute approximate surface area is 105 Å². The Morgan fingerprint density at radius 1 is 1.22 bits per heavy atom. The molecule has 4 heteroatoms. The first-order chi connectivity index (χ1) is 8.81. The Morgan fingerprint density at radius 2 is 2.06 bits per heavy atom. The Balaban J connectivity index is 2.32. The molecular weight excluding hydrogens is 224 g/mol. The van der Waals surface area contributed by atoms with Gasteiger partial charge in [-0.25, -0.2) is 4.98 Å². The van der Waals surface area contributed by atoms with Gasteiger partial charge in [0.1, 0.15) is 5.52 Å². The van der Waals surface area contributed by atoms with E-state index < -0.39 is 0 Å². The third-order valence-electron chi connectivity index (χ3n) is 3.24. The molecule has 2 N–H and O–H groups in total. The minimum absolute atomic E-state index is 0.580. The summed E-state index contributed by atoms with van der Waals surface area (Å²) in [5.41, 5.74) is 8.98. The van der Waals surface area contributed by atoms with Crippen molar-refractivity contribution in [2.75, 3.05) is 5.73 Å². The summed E-state index contributed by atoms with van der Waals surface area (Å²) < 4.78 is 2.10. The molecule has 18 heavy (non-hydrogen) atoms. The number of aromatic nitrogens is 3. The van der Waals surface area contributed by atoms with Gasteiger partial charge in [-0.15, -0.1) is 0 Å². The highest BCUT2D eigenvalue weighted by Crippen LogP contribution is 2.25. The number of hydrogen-bond acceptors (Lipinski definition) is 3. The molecular formula is C14H16N4. The maximum Gasteiger partial charge on any atom is 0.201 e. The van der Waals surface area contributed by atoms with Crippen LogP contribution < -0.4 is 5.73 Å². The van der Waals surface area contributed by atoms with Crippen LogP contribution in [0.4, 0.5) is 5.95 Å². The van der Waals surface area contributed by atoms with Crippen molar-refractivity contribution < 1.29 is 0 Å². The average Bonchev–Trinajstić information content (AvgIpc) is 2.72. The van der Waals surface area contributed by atoms with Crippen molar-refractivity contribution in [1.29, 1.82) is 0 Å². The van der Waals surface area contributed by atoms with Crippen LogP contribution in [0.5, 0.6) is 0 Å². The molecule has 92 valence electrons. The van der Waals surface area contributed by atoms with E-state index in [1.807, 2.05) is 18.2 Å². The topological polar surface area (TPSA) is 56.7 Å². The highest BCUT2D eigenvalue weighted by atomic mass is 15.2. The van der Waals surface area contributed by atoms with Gasteiger partial charge >= 0.3 is 0 Å². The molecule has 0 saturated carbocycles. The van der Waals surface area contributed by atoms with Gasteiger partial charge < -0.3 is 10.3 Å². The van der Waals surface area contributed by atoms with E-state index in [9.17, 15) is 0 Å². The fraction of sp³-hybridized carbons (Fsp3) is 0.286. The van der Waals surface area contributed by atoms with E-state index in [0.29, 0.717) is 5.95 Å². The van der Waals surface area contributed by atoms with E-state index >= 15 is 0 Å². The van der Waals surface area contributed by atoms with Gasteiger partial charge in [0.2, 0.25) is 5.95 Å². The van der Waals surface area contributed by atoms with E-state index in [4.69, 9.17) is 5.73 Å². The first-order valence-corrected chi connectivity index (χ1v) is 6.30. The van der Waals surface area contributed by atoms with E-state index in [2.05, 4.69) is 27.5 Å².